The highest BCUT2D eigenvalue weighted by Crippen LogP contribution is 2.19. The van der Waals surface area contributed by atoms with Crippen molar-refractivity contribution >= 4 is 15.8 Å². The van der Waals surface area contributed by atoms with Gasteiger partial charge in [0.15, 0.2) is 5.82 Å². The quantitative estimate of drug-likeness (QED) is 0.847. The van der Waals surface area contributed by atoms with Crippen LogP contribution in [0.3, 0.4) is 0 Å². The van der Waals surface area contributed by atoms with Crippen LogP contribution < -0.4 is 10.0 Å². The lowest BCUT2D eigenvalue weighted by molar-refractivity contribution is 0.567. The highest BCUT2D eigenvalue weighted by Gasteiger charge is 2.20. The normalized spacial score (nSPS) is 11.6. The molecule has 1 aromatic carbocycles. The lowest BCUT2D eigenvalue weighted by Gasteiger charge is -2.08. The van der Waals surface area contributed by atoms with Gasteiger partial charge in [0.2, 0.25) is 0 Å². The number of halogens is 1. The maximum atomic E-state index is 14.0. The third-order valence-electron chi connectivity index (χ3n) is 2.82. The Bertz CT molecular complexity index is 728. The molecule has 1 heterocycles. The number of nitrogens with zero attached hydrogens (tertiary/aromatic N) is 2. The molecule has 0 radical (unpaired) electrons. The van der Waals surface area contributed by atoms with Crippen LogP contribution in [0.25, 0.3) is 0 Å². The molecule has 0 saturated heterocycles. The molecule has 0 fully saturated rings. The van der Waals surface area contributed by atoms with Gasteiger partial charge in [0.1, 0.15) is 10.7 Å². The summed E-state index contributed by atoms with van der Waals surface area (Å²) in [6, 6.07) is 5.55. The van der Waals surface area contributed by atoms with Crippen LogP contribution >= 0.6 is 0 Å². The Balaban J connectivity index is 2.23. The molecule has 2 aromatic rings. The lowest BCUT2D eigenvalue weighted by Crippen LogP contribution is -2.16. The zero-order valence-electron chi connectivity index (χ0n) is 11.8. The van der Waals surface area contributed by atoms with Crippen LogP contribution in [0.15, 0.2) is 35.4 Å². The standard InChI is InChI=1S/C13H17FN4O2S/c1-3-15-9-10-4-5-12(11(14)8-10)21(19,20)17-13-6-7-18(2)16-13/h4-8,15H,3,9H2,1-2H3,(H,16,17). The molecule has 2 N–H and O–H groups in total. The molecule has 0 unspecified atom stereocenters. The summed E-state index contributed by atoms with van der Waals surface area (Å²) >= 11 is 0. The van der Waals surface area contributed by atoms with E-state index in [0.717, 1.165) is 6.54 Å². The number of hydrogen-bond donors (Lipinski definition) is 2. The smallest absolute Gasteiger partial charge is 0.266 e. The lowest BCUT2D eigenvalue weighted by atomic mass is 10.2. The molecule has 6 nitrogen and oxygen atoms in total. The van der Waals surface area contributed by atoms with Gasteiger partial charge in [-0.15, -0.1) is 0 Å². The van der Waals surface area contributed by atoms with E-state index in [0.29, 0.717) is 12.1 Å². The molecule has 1 aromatic heterocycles. The summed E-state index contributed by atoms with van der Waals surface area (Å²) in [5.41, 5.74) is 0.686. The summed E-state index contributed by atoms with van der Waals surface area (Å²) in [5, 5.41) is 6.95. The maximum Gasteiger partial charge on any atom is 0.266 e. The predicted octanol–water partition coefficient (Wildman–Crippen LogP) is 1.47. The van der Waals surface area contributed by atoms with E-state index >= 15 is 0 Å². The summed E-state index contributed by atoms with van der Waals surface area (Å²) in [6.07, 6.45) is 1.59. The van der Waals surface area contributed by atoms with Crippen molar-refractivity contribution in [2.24, 2.45) is 7.05 Å². The van der Waals surface area contributed by atoms with Gasteiger partial charge in [-0.2, -0.15) is 5.10 Å². The minimum absolute atomic E-state index is 0.147. The van der Waals surface area contributed by atoms with Gasteiger partial charge in [-0.3, -0.25) is 9.40 Å². The van der Waals surface area contributed by atoms with E-state index in [1.54, 1.807) is 19.3 Å². The Morgan fingerprint density at radius 3 is 2.67 bits per heavy atom. The first-order chi connectivity index (χ1) is 9.92. The number of nitrogens with one attached hydrogen (secondary N) is 2. The van der Waals surface area contributed by atoms with E-state index < -0.39 is 20.7 Å². The fourth-order valence-corrected chi connectivity index (χ4v) is 2.86. The van der Waals surface area contributed by atoms with Gasteiger partial charge < -0.3 is 5.32 Å². The third kappa shape index (κ3) is 3.79. The molecule has 0 spiro atoms. The number of benzene rings is 1. The second-order valence-electron chi connectivity index (χ2n) is 4.53. The minimum atomic E-state index is -3.99. The Hall–Kier alpha value is -1.93. The summed E-state index contributed by atoms with van der Waals surface area (Å²) in [7, 11) is -2.33. The van der Waals surface area contributed by atoms with Gasteiger partial charge >= 0.3 is 0 Å². The number of aromatic nitrogens is 2. The molecular weight excluding hydrogens is 295 g/mol. The molecule has 0 saturated carbocycles. The average Bonchev–Trinajstić information content (AvgIpc) is 2.80. The Labute approximate surface area is 123 Å². The van der Waals surface area contributed by atoms with Gasteiger partial charge in [0.25, 0.3) is 10.0 Å². The van der Waals surface area contributed by atoms with E-state index in [-0.39, 0.29) is 5.82 Å². The molecule has 0 atom stereocenters. The van der Waals surface area contributed by atoms with E-state index in [1.807, 2.05) is 6.92 Å². The highest BCUT2D eigenvalue weighted by atomic mass is 32.2. The zero-order valence-corrected chi connectivity index (χ0v) is 12.6. The van der Waals surface area contributed by atoms with Gasteiger partial charge in [0.05, 0.1) is 0 Å². The molecule has 2 rings (SSSR count). The number of aryl methyl sites for hydroxylation is 1. The van der Waals surface area contributed by atoms with Crippen molar-refractivity contribution in [1.82, 2.24) is 15.1 Å². The summed E-state index contributed by atoms with van der Waals surface area (Å²) in [6.45, 7) is 3.18. The molecule has 8 heteroatoms. The van der Waals surface area contributed by atoms with Crippen molar-refractivity contribution < 1.29 is 12.8 Å². The van der Waals surface area contributed by atoms with Gasteiger partial charge in [-0.1, -0.05) is 13.0 Å². The maximum absolute atomic E-state index is 14.0. The van der Waals surface area contributed by atoms with Crippen molar-refractivity contribution in [3.8, 4) is 0 Å². The van der Waals surface area contributed by atoms with Gasteiger partial charge in [0, 0.05) is 25.9 Å². The molecule has 0 aliphatic heterocycles. The Kier molecular flexibility index (Phi) is 4.59. The second kappa shape index (κ2) is 6.23. The number of rotatable bonds is 6. The van der Waals surface area contributed by atoms with E-state index in [1.165, 1.54) is 22.9 Å². The molecule has 0 amide bonds. The predicted molar refractivity (Wildman–Crippen MR) is 77.8 cm³/mol. The topological polar surface area (TPSA) is 76.0 Å². The Morgan fingerprint density at radius 1 is 1.33 bits per heavy atom. The summed E-state index contributed by atoms with van der Waals surface area (Å²) in [4.78, 5) is -0.395. The van der Waals surface area contributed by atoms with Gasteiger partial charge in [-0.05, 0) is 24.2 Å². The molecule has 0 aliphatic carbocycles. The first kappa shape index (κ1) is 15.5. The van der Waals surface area contributed by atoms with Gasteiger partial charge in [-0.25, -0.2) is 12.8 Å². The van der Waals surface area contributed by atoms with Crippen LogP contribution in [0.5, 0.6) is 0 Å². The SMILES string of the molecule is CCNCc1ccc(S(=O)(=O)Nc2ccn(C)n2)c(F)c1. The number of hydrogen-bond acceptors (Lipinski definition) is 4. The first-order valence-electron chi connectivity index (χ1n) is 6.44. The van der Waals surface area contributed by atoms with Crippen molar-refractivity contribution in [1.29, 1.82) is 0 Å². The molecule has 0 aliphatic rings. The summed E-state index contributed by atoms with van der Waals surface area (Å²) < 4.78 is 42.0. The zero-order chi connectivity index (χ0) is 15.5. The van der Waals surface area contributed by atoms with E-state index in [2.05, 4.69) is 15.1 Å². The van der Waals surface area contributed by atoms with Crippen LogP contribution in [0.2, 0.25) is 0 Å². The number of sulfonamides is 1. The molecule has 114 valence electrons. The van der Waals surface area contributed by atoms with Crippen LogP contribution in [0.4, 0.5) is 10.2 Å². The highest BCUT2D eigenvalue weighted by molar-refractivity contribution is 7.92. The van der Waals surface area contributed by atoms with Crippen molar-refractivity contribution in [2.45, 2.75) is 18.4 Å². The fraction of sp³-hybridized carbons (Fsp3) is 0.308. The van der Waals surface area contributed by atoms with E-state index in [4.69, 9.17) is 0 Å². The molecule has 21 heavy (non-hydrogen) atoms. The third-order valence-corrected chi connectivity index (χ3v) is 4.21. The fourth-order valence-electron chi connectivity index (χ4n) is 1.80. The number of anilines is 1. The molecular formula is C13H17FN4O2S. The summed E-state index contributed by atoms with van der Waals surface area (Å²) in [5.74, 6) is -0.637. The van der Waals surface area contributed by atoms with Crippen LogP contribution in [0, 0.1) is 5.82 Å². The van der Waals surface area contributed by atoms with Crippen LogP contribution in [0.1, 0.15) is 12.5 Å². The minimum Gasteiger partial charge on any atom is -0.313 e. The monoisotopic (exact) mass is 312 g/mol. The van der Waals surface area contributed by atoms with Crippen molar-refractivity contribution in [3.63, 3.8) is 0 Å². The molecule has 0 bridgehead atoms. The Morgan fingerprint density at radius 2 is 2.10 bits per heavy atom. The second-order valence-corrected chi connectivity index (χ2v) is 6.18. The van der Waals surface area contributed by atoms with Crippen molar-refractivity contribution in [3.05, 3.63) is 41.8 Å². The van der Waals surface area contributed by atoms with E-state index in [9.17, 15) is 12.8 Å². The van der Waals surface area contributed by atoms with Crippen LogP contribution in [-0.2, 0) is 23.6 Å². The average molecular weight is 312 g/mol. The first-order valence-corrected chi connectivity index (χ1v) is 7.92. The van der Waals surface area contributed by atoms with Crippen molar-refractivity contribution in [2.75, 3.05) is 11.3 Å². The van der Waals surface area contributed by atoms with Crippen LogP contribution in [-0.4, -0.2) is 24.7 Å². The largest absolute Gasteiger partial charge is 0.313 e.